The maximum absolute atomic E-state index is 12.6. The van der Waals surface area contributed by atoms with Gasteiger partial charge in [0.2, 0.25) is 17.2 Å². The third kappa shape index (κ3) is 6.01. The van der Waals surface area contributed by atoms with E-state index < -0.39 is 28.1 Å². The van der Waals surface area contributed by atoms with E-state index in [2.05, 4.69) is 20.3 Å². The van der Waals surface area contributed by atoms with Crippen LogP contribution < -0.4 is 14.9 Å². The Balaban J connectivity index is 1.98. The number of rotatable bonds is 7. The van der Waals surface area contributed by atoms with Crippen LogP contribution in [0.4, 0.5) is 22.4 Å². The minimum Gasteiger partial charge on any atom is -0.467 e. The van der Waals surface area contributed by atoms with Crippen LogP contribution in [0.2, 0.25) is 10.3 Å². The quantitative estimate of drug-likeness (QED) is 0.415. The number of halogens is 2. The largest absolute Gasteiger partial charge is 0.467 e. The van der Waals surface area contributed by atoms with Gasteiger partial charge in [0.25, 0.3) is 10.0 Å². The van der Waals surface area contributed by atoms with E-state index >= 15 is 0 Å². The summed E-state index contributed by atoms with van der Waals surface area (Å²) in [4.78, 5) is 38.3. The number of nitrogens with zero attached hydrogens (tertiary/aromatic N) is 4. The number of nitrogens with one attached hydrogen (secondary N) is 2. The number of benzene rings is 2. The van der Waals surface area contributed by atoms with Crippen LogP contribution in [0.25, 0.3) is 0 Å². The number of anilines is 3. The number of para-hydroxylation sites is 1. The molecular weight excluding hydrogens is 531 g/mol. The molecule has 11 nitrogen and oxygen atoms in total. The molecule has 0 aliphatic carbocycles. The molecule has 2 aromatic carbocycles. The molecule has 0 fully saturated rings. The molecule has 190 valence electrons. The molecule has 14 heteroatoms. The van der Waals surface area contributed by atoms with Gasteiger partial charge in [0.1, 0.15) is 10.9 Å². The Hall–Kier alpha value is -3.48. The lowest BCUT2D eigenvalue weighted by atomic mass is 10.1. The number of sulfonamides is 1. The third-order valence-corrected chi connectivity index (χ3v) is 7.00. The van der Waals surface area contributed by atoms with Crippen LogP contribution in [0.15, 0.2) is 47.4 Å². The molecule has 3 rings (SSSR count). The van der Waals surface area contributed by atoms with Gasteiger partial charge < -0.3 is 4.74 Å². The van der Waals surface area contributed by atoms with Crippen molar-refractivity contribution in [3.8, 4) is 0 Å². The minimum absolute atomic E-state index is 0.0654. The average molecular weight is 553 g/mol. The third-order valence-electron chi connectivity index (χ3n) is 5.00. The first-order chi connectivity index (χ1) is 16.9. The van der Waals surface area contributed by atoms with E-state index in [1.165, 1.54) is 30.2 Å². The molecule has 2 N–H and O–H groups in total. The predicted molar refractivity (Wildman–Crippen MR) is 135 cm³/mol. The maximum atomic E-state index is 12.6. The Kier molecular flexibility index (Phi) is 8.33. The summed E-state index contributed by atoms with van der Waals surface area (Å²) < 4.78 is 31.9. The summed E-state index contributed by atoms with van der Waals surface area (Å²) in [7, 11) is -3.05. The second kappa shape index (κ2) is 11.1. The van der Waals surface area contributed by atoms with Crippen LogP contribution in [-0.4, -0.2) is 48.5 Å². The van der Waals surface area contributed by atoms with Crippen LogP contribution in [0.5, 0.6) is 0 Å². The fourth-order valence-corrected chi connectivity index (χ4v) is 4.98. The summed E-state index contributed by atoms with van der Waals surface area (Å²) in [6.07, 6.45) is 0. The van der Waals surface area contributed by atoms with Gasteiger partial charge in [-0.3, -0.25) is 10.2 Å². The van der Waals surface area contributed by atoms with E-state index in [-0.39, 0.29) is 27.1 Å². The zero-order valence-corrected chi connectivity index (χ0v) is 21.9. The molecule has 0 saturated carbocycles. The highest BCUT2D eigenvalue weighted by Crippen LogP contribution is 2.32. The predicted octanol–water partition coefficient (Wildman–Crippen LogP) is 4.01. The van der Waals surface area contributed by atoms with Gasteiger partial charge in [-0.25, -0.2) is 22.7 Å². The van der Waals surface area contributed by atoms with Crippen LogP contribution in [0.3, 0.4) is 0 Å². The summed E-state index contributed by atoms with van der Waals surface area (Å²) in [6.45, 7) is 5.27. The number of carbonyl (C=O) groups excluding carboxylic acids is 2. The van der Waals surface area contributed by atoms with Crippen molar-refractivity contribution in [1.82, 2.24) is 19.7 Å². The molecule has 36 heavy (non-hydrogen) atoms. The Morgan fingerprint density at radius 2 is 1.64 bits per heavy atom. The number of aromatic nitrogens is 3. The molecule has 1 atom stereocenters. The van der Waals surface area contributed by atoms with Gasteiger partial charge in [-0.1, -0.05) is 41.9 Å². The number of esters is 1. The smallest absolute Gasteiger partial charge is 0.335 e. The molecule has 0 radical (unpaired) electrons. The lowest BCUT2D eigenvalue weighted by Crippen LogP contribution is -2.39. The summed E-state index contributed by atoms with van der Waals surface area (Å²) in [5, 5.41) is 1.85. The normalized spacial score (nSPS) is 11.9. The Morgan fingerprint density at radius 3 is 2.25 bits per heavy atom. The molecule has 1 aromatic heterocycles. The molecule has 3 aromatic rings. The minimum atomic E-state index is -4.30. The van der Waals surface area contributed by atoms with Gasteiger partial charge in [-0.2, -0.15) is 15.0 Å². The molecule has 0 spiro atoms. The summed E-state index contributed by atoms with van der Waals surface area (Å²) in [6, 6.07) is 9.10. The van der Waals surface area contributed by atoms with Gasteiger partial charge >= 0.3 is 12.0 Å². The Labute approximate surface area is 217 Å². The molecular formula is C22H22Cl2N6O5S. The second-order valence-electron chi connectivity index (χ2n) is 7.53. The number of ether oxygens (including phenoxy) is 1. The van der Waals surface area contributed by atoms with E-state index in [1.807, 2.05) is 36.8 Å². The van der Waals surface area contributed by atoms with E-state index in [1.54, 1.807) is 13.0 Å². The van der Waals surface area contributed by atoms with Crippen molar-refractivity contribution in [1.29, 1.82) is 0 Å². The first-order valence-electron chi connectivity index (χ1n) is 10.4. The van der Waals surface area contributed by atoms with Crippen molar-refractivity contribution in [2.24, 2.45) is 0 Å². The fourth-order valence-electron chi connectivity index (χ4n) is 3.40. The molecule has 0 aliphatic rings. The topological polar surface area (TPSA) is 143 Å². The molecule has 0 bridgehead atoms. The number of aryl methyl sites for hydroxylation is 2. The number of methoxy groups -OCH3 is 1. The zero-order chi connectivity index (χ0) is 26.6. The van der Waals surface area contributed by atoms with Gasteiger partial charge in [0.15, 0.2) is 0 Å². The van der Waals surface area contributed by atoms with Crippen molar-refractivity contribution in [2.45, 2.75) is 31.7 Å². The van der Waals surface area contributed by atoms with E-state index in [0.29, 0.717) is 5.69 Å². The van der Waals surface area contributed by atoms with E-state index in [4.69, 9.17) is 27.9 Å². The van der Waals surface area contributed by atoms with Crippen LogP contribution in [-0.2, 0) is 19.6 Å². The summed E-state index contributed by atoms with van der Waals surface area (Å²) in [5.74, 6) is -1.01. The number of hydrogen-bond acceptors (Lipinski definition) is 9. The van der Waals surface area contributed by atoms with Crippen LogP contribution in [0, 0.1) is 13.8 Å². The van der Waals surface area contributed by atoms with Crippen molar-refractivity contribution in [2.75, 3.05) is 17.3 Å². The Morgan fingerprint density at radius 1 is 1.00 bits per heavy atom. The average Bonchev–Trinajstić information content (AvgIpc) is 2.79. The van der Waals surface area contributed by atoms with Crippen LogP contribution in [0.1, 0.15) is 18.1 Å². The van der Waals surface area contributed by atoms with E-state index in [9.17, 15) is 18.0 Å². The zero-order valence-electron chi connectivity index (χ0n) is 19.6. The number of amides is 2. The van der Waals surface area contributed by atoms with Crippen molar-refractivity contribution in [3.05, 3.63) is 63.9 Å². The summed E-state index contributed by atoms with van der Waals surface area (Å²) >= 11 is 12.0. The molecule has 0 aliphatic heterocycles. The number of carbonyl (C=O) groups is 2. The highest BCUT2D eigenvalue weighted by Gasteiger charge is 2.30. The Bertz CT molecular complexity index is 1400. The first-order valence-corrected chi connectivity index (χ1v) is 12.6. The summed E-state index contributed by atoms with van der Waals surface area (Å²) in [5.41, 5.74) is 2.23. The molecule has 2 amide bonds. The van der Waals surface area contributed by atoms with Crippen molar-refractivity contribution in [3.63, 3.8) is 0 Å². The van der Waals surface area contributed by atoms with Gasteiger partial charge in [0, 0.05) is 0 Å². The fraction of sp³-hybridized carbons (Fsp3) is 0.227. The van der Waals surface area contributed by atoms with Gasteiger partial charge in [-0.15, -0.1) is 0 Å². The van der Waals surface area contributed by atoms with Crippen LogP contribution >= 0.6 is 23.2 Å². The van der Waals surface area contributed by atoms with Gasteiger partial charge in [0.05, 0.1) is 17.8 Å². The molecule has 1 heterocycles. The number of hydrogen-bond donors (Lipinski definition) is 2. The lowest BCUT2D eigenvalue weighted by molar-refractivity contribution is -0.141. The second-order valence-corrected chi connectivity index (χ2v) is 9.92. The van der Waals surface area contributed by atoms with E-state index in [0.717, 1.165) is 11.1 Å². The highest BCUT2D eigenvalue weighted by molar-refractivity contribution is 7.90. The van der Waals surface area contributed by atoms with Crippen molar-refractivity contribution >= 4 is 62.8 Å². The molecule has 0 saturated heterocycles. The van der Waals surface area contributed by atoms with Gasteiger partial charge in [-0.05, 0) is 55.6 Å². The van der Waals surface area contributed by atoms with Crippen molar-refractivity contribution < 1.29 is 22.7 Å². The molecule has 1 unspecified atom stereocenters. The monoisotopic (exact) mass is 552 g/mol. The number of urea groups is 1. The highest BCUT2D eigenvalue weighted by atomic mass is 35.5. The lowest BCUT2D eigenvalue weighted by Gasteiger charge is -2.30. The maximum Gasteiger partial charge on any atom is 0.335 e. The SMILES string of the molecule is COC(=O)C(C)N(c1nc(Cl)nc(NC(=O)NS(=O)(=O)c2ccccc2Cl)n1)c1c(C)cccc1C. The standard InChI is InChI=1S/C22H22Cl2N6O5S/c1-12-8-7-9-13(2)17(12)30(14(3)18(31)35-4)21-26-19(24)25-20(27-21)28-22(32)29-36(33,34)16-11-6-5-10-15(16)23/h5-11,14H,1-4H3,(H2,25,26,27,28,29,32). The first kappa shape index (κ1) is 27.1.